The summed E-state index contributed by atoms with van der Waals surface area (Å²) in [6.45, 7) is 8.76. The molecule has 0 aromatic heterocycles. The van der Waals surface area contributed by atoms with Gasteiger partial charge in [0, 0.05) is 17.1 Å². The molecule has 0 radical (unpaired) electrons. The minimum Gasteiger partial charge on any atom is -0.352 e. The standard InChI is InChI=1S/C29H34BrN3O4S/c1-20(2)31-29(35)23(5)32(18-24-10-9-11-25(30)17-24)28(34)19-33(27-15-14-21(3)16-22(27)4)38(36,37)26-12-7-6-8-13-26/h6-17,20,23H,18-19H2,1-5H3,(H,31,35)/t23-/m1/s1. The van der Waals surface area contributed by atoms with Crippen molar-refractivity contribution in [3.8, 4) is 0 Å². The predicted molar refractivity (Wildman–Crippen MR) is 154 cm³/mol. The van der Waals surface area contributed by atoms with Gasteiger partial charge in [0.1, 0.15) is 12.6 Å². The van der Waals surface area contributed by atoms with Crippen LogP contribution in [0.15, 0.2) is 82.2 Å². The van der Waals surface area contributed by atoms with Gasteiger partial charge in [-0.05, 0) is 76.1 Å². The molecule has 38 heavy (non-hydrogen) atoms. The van der Waals surface area contributed by atoms with Crippen LogP contribution in [0.4, 0.5) is 5.69 Å². The van der Waals surface area contributed by atoms with Gasteiger partial charge >= 0.3 is 0 Å². The van der Waals surface area contributed by atoms with Gasteiger partial charge in [0.25, 0.3) is 10.0 Å². The minimum absolute atomic E-state index is 0.0805. The zero-order valence-electron chi connectivity index (χ0n) is 22.3. The van der Waals surface area contributed by atoms with E-state index in [1.165, 1.54) is 17.0 Å². The van der Waals surface area contributed by atoms with Crippen LogP contribution in [0, 0.1) is 13.8 Å². The number of carbonyl (C=O) groups is 2. The summed E-state index contributed by atoms with van der Waals surface area (Å²) in [5, 5.41) is 2.86. The van der Waals surface area contributed by atoms with E-state index >= 15 is 0 Å². The summed E-state index contributed by atoms with van der Waals surface area (Å²) < 4.78 is 29.7. The molecule has 2 amide bonds. The van der Waals surface area contributed by atoms with E-state index in [4.69, 9.17) is 0 Å². The molecule has 1 atom stereocenters. The number of nitrogens with zero attached hydrogens (tertiary/aromatic N) is 2. The fraction of sp³-hybridized carbons (Fsp3) is 0.310. The number of benzene rings is 3. The van der Waals surface area contributed by atoms with Crippen LogP contribution in [0.25, 0.3) is 0 Å². The Morgan fingerprint density at radius 3 is 2.21 bits per heavy atom. The van der Waals surface area contributed by atoms with E-state index in [0.29, 0.717) is 5.69 Å². The molecule has 0 heterocycles. The lowest BCUT2D eigenvalue weighted by Crippen LogP contribution is -2.52. The molecular formula is C29H34BrN3O4S. The van der Waals surface area contributed by atoms with Crippen molar-refractivity contribution in [2.75, 3.05) is 10.8 Å². The Bertz CT molecular complexity index is 1390. The average Bonchev–Trinajstić information content (AvgIpc) is 2.86. The highest BCUT2D eigenvalue weighted by Gasteiger charge is 2.33. The summed E-state index contributed by atoms with van der Waals surface area (Å²) in [5.41, 5.74) is 2.92. The van der Waals surface area contributed by atoms with E-state index in [2.05, 4.69) is 21.2 Å². The van der Waals surface area contributed by atoms with Crippen molar-refractivity contribution < 1.29 is 18.0 Å². The van der Waals surface area contributed by atoms with E-state index < -0.39 is 28.5 Å². The van der Waals surface area contributed by atoms with Crippen LogP contribution in [0.2, 0.25) is 0 Å². The number of aryl methyl sites for hydroxylation is 2. The Morgan fingerprint density at radius 2 is 1.61 bits per heavy atom. The van der Waals surface area contributed by atoms with Crippen molar-refractivity contribution in [2.45, 2.75) is 58.1 Å². The van der Waals surface area contributed by atoms with Gasteiger partial charge in [-0.15, -0.1) is 0 Å². The maximum Gasteiger partial charge on any atom is 0.264 e. The molecule has 0 aliphatic carbocycles. The number of hydrogen-bond donors (Lipinski definition) is 1. The van der Waals surface area contributed by atoms with Gasteiger partial charge in [-0.3, -0.25) is 13.9 Å². The molecule has 0 saturated carbocycles. The number of carbonyl (C=O) groups excluding carboxylic acids is 2. The Labute approximate surface area is 234 Å². The third-order valence-corrected chi connectivity index (χ3v) is 8.34. The molecule has 202 valence electrons. The molecule has 9 heteroatoms. The highest BCUT2D eigenvalue weighted by Crippen LogP contribution is 2.28. The monoisotopic (exact) mass is 599 g/mol. The molecule has 3 aromatic carbocycles. The van der Waals surface area contributed by atoms with Crippen molar-refractivity contribution in [1.29, 1.82) is 0 Å². The van der Waals surface area contributed by atoms with Crippen LogP contribution < -0.4 is 9.62 Å². The maximum absolute atomic E-state index is 13.9. The van der Waals surface area contributed by atoms with E-state index in [1.54, 1.807) is 31.2 Å². The van der Waals surface area contributed by atoms with Gasteiger partial charge in [0.05, 0.1) is 10.6 Å². The van der Waals surface area contributed by atoms with Crippen molar-refractivity contribution in [1.82, 2.24) is 10.2 Å². The lowest BCUT2D eigenvalue weighted by molar-refractivity contribution is -0.139. The smallest absolute Gasteiger partial charge is 0.264 e. The molecule has 0 unspecified atom stereocenters. The molecule has 1 N–H and O–H groups in total. The van der Waals surface area contributed by atoms with E-state index in [9.17, 15) is 18.0 Å². The highest BCUT2D eigenvalue weighted by molar-refractivity contribution is 9.10. The van der Waals surface area contributed by atoms with E-state index in [0.717, 1.165) is 25.5 Å². The van der Waals surface area contributed by atoms with Crippen molar-refractivity contribution in [2.24, 2.45) is 0 Å². The Balaban J connectivity index is 2.06. The average molecular weight is 601 g/mol. The molecule has 0 fully saturated rings. The van der Waals surface area contributed by atoms with Gasteiger partial charge in [0.2, 0.25) is 11.8 Å². The Hall–Kier alpha value is -3.17. The molecule has 0 spiro atoms. The van der Waals surface area contributed by atoms with E-state index in [1.807, 2.05) is 64.1 Å². The molecule has 0 bridgehead atoms. The molecular weight excluding hydrogens is 566 g/mol. The van der Waals surface area contributed by atoms with Crippen LogP contribution >= 0.6 is 15.9 Å². The first-order valence-corrected chi connectivity index (χ1v) is 14.6. The molecule has 3 aromatic rings. The van der Waals surface area contributed by atoms with Crippen molar-refractivity contribution in [3.63, 3.8) is 0 Å². The maximum atomic E-state index is 13.9. The Kier molecular flexibility index (Phi) is 9.73. The van der Waals surface area contributed by atoms with Gasteiger partial charge in [-0.2, -0.15) is 0 Å². The summed E-state index contributed by atoms with van der Waals surface area (Å²) in [6.07, 6.45) is 0. The zero-order chi connectivity index (χ0) is 28.0. The zero-order valence-corrected chi connectivity index (χ0v) is 24.7. The first-order chi connectivity index (χ1) is 17.9. The molecule has 0 aliphatic heterocycles. The fourth-order valence-corrected chi connectivity index (χ4v) is 6.08. The van der Waals surface area contributed by atoms with Crippen LogP contribution in [0.5, 0.6) is 0 Å². The third-order valence-electron chi connectivity index (χ3n) is 6.07. The van der Waals surface area contributed by atoms with Gasteiger partial charge in [0.15, 0.2) is 0 Å². The molecule has 0 saturated heterocycles. The summed E-state index contributed by atoms with van der Waals surface area (Å²) >= 11 is 3.45. The third kappa shape index (κ3) is 7.23. The Morgan fingerprint density at radius 1 is 0.921 bits per heavy atom. The van der Waals surface area contributed by atoms with E-state index in [-0.39, 0.29) is 23.4 Å². The SMILES string of the molecule is Cc1ccc(N(CC(=O)N(Cc2cccc(Br)c2)[C@H](C)C(=O)NC(C)C)S(=O)(=O)c2ccccc2)c(C)c1. The number of anilines is 1. The summed E-state index contributed by atoms with van der Waals surface area (Å²) in [7, 11) is -4.08. The quantitative estimate of drug-likeness (QED) is 0.347. The van der Waals surface area contributed by atoms with Crippen LogP contribution in [-0.2, 0) is 26.2 Å². The predicted octanol–water partition coefficient (Wildman–Crippen LogP) is 5.20. The fourth-order valence-electron chi connectivity index (χ4n) is 4.14. The lowest BCUT2D eigenvalue weighted by Gasteiger charge is -2.32. The summed E-state index contributed by atoms with van der Waals surface area (Å²) in [5.74, 6) is -0.803. The second-order valence-electron chi connectivity index (χ2n) is 9.61. The topological polar surface area (TPSA) is 86.8 Å². The number of rotatable bonds is 10. The largest absolute Gasteiger partial charge is 0.352 e. The normalized spacial score (nSPS) is 12.2. The second-order valence-corrected chi connectivity index (χ2v) is 12.4. The van der Waals surface area contributed by atoms with Crippen molar-refractivity contribution >= 4 is 43.5 Å². The number of halogens is 1. The minimum atomic E-state index is -4.08. The molecule has 0 aliphatic rings. The molecule has 7 nitrogen and oxygen atoms in total. The second kappa shape index (κ2) is 12.6. The van der Waals surface area contributed by atoms with Crippen LogP contribution in [0.1, 0.15) is 37.5 Å². The number of amides is 2. The number of sulfonamides is 1. The first-order valence-electron chi connectivity index (χ1n) is 12.4. The number of nitrogens with one attached hydrogen (secondary N) is 1. The summed E-state index contributed by atoms with van der Waals surface area (Å²) in [4.78, 5) is 28.4. The van der Waals surface area contributed by atoms with Crippen LogP contribution in [0.3, 0.4) is 0 Å². The highest BCUT2D eigenvalue weighted by atomic mass is 79.9. The van der Waals surface area contributed by atoms with Gasteiger partial charge in [-0.1, -0.05) is 64.0 Å². The van der Waals surface area contributed by atoms with Crippen LogP contribution in [-0.4, -0.2) is 43.8 Å². The first kappa shape index (κ1) is 29.4. The number of hydrogen-bond acceptors (Lipinski definition) is 4. The van der Waals surface area contributed by atoms with Gasteiger partial charge in [-0.25, -0.2) is 8.42 Å². The van der Waals surface area contributed by atoms with Gasteiger partial charge < -0.3 is 10.2 Å². The summed E-state index contributed by atoms with van der Waals surface area (Å²) in [6, 6.07) is 20.0. The van der Waals surface area contributed by atoms with Crippen molar-refractivity contribution in [3.05, 3.63) is 94.0 Å². The molecule has 3 rings (SSSR count). The lowest BCUT2D eigenvalue weighted by atomic mass is 10.1.